The van der Waals surface area contributed by atoms with Crippen molar-refractivity contribution in [2.45, 2.75) is 114 Å². The van der Waals surface area contributed by atoms with E-state index in [1.807, 2.05) is 0 Å². The molecule has 2 unspecified atom stereocenters. The van der Waals surface area contributed by atoms with Crippen LogP contribution in [0.1, 0.15) is 114 Å². The van der Waals surface area contributed by atoms with Gasteiger partial charge in [0, 0.05) is 0 Å². The summed E-state index contributed by atoms with van der Waals surface area (Å²) in [6.07, 6.45) is 31.5. The number of aldehydes is 1. The zero-order chi connectivity index (χ0) is 30.4. The minimum Gasteiger partial charge on any atom is -0.302 e. The fourth-order valence-corrected chi connectivity index (χ4v) is 7.37. The SMILES string of the molecule is CC1=CC=C\C(=C(C)/C=C\C=C(C)/C=C/C2=C(C)CCCC2(C)C)C1(C=O)C/C(C)=C/C=C1\C(C)CCCC1(C)C. The second-order valence-electron chi connectivity index (χ2n) is 14.4. The quantitative estimate of drug-likeness (QED) is 0.216. The van der Waals surface area contributed by atoms with Gasteiger partial charge in [-0.3, -0.25) is 0 Å². The van der Waals surface area contributed by atoms with Crippen molar-refractivity contribution in [2.24, 2.45) is 22.2 Å². The summed E-state index contributed by atoms with van der Waals surface area (Å²) in [6.45, 7) is 22.7. The number of hydrogen-bond donors (Lipinski definition) is 0. The molecular formula is C40H56O. The summed E-state index contributed by atoms with van der Waals surface area (Å²) in [7, 11) is 0. The maximum absolute atomic E-state index is 12.9. The summed E-state index contributed by atoms with van der Waals surface area (Å²) in [5.41, 5.74) is 10.2. The molecule has 41 heavy (non-hydrogen) atoms. The molecular weight excluding hydrogens is 496 g/mol. The summed E-state index contributed by atoms with van der Waals surface area (Å²) in [6, 6.07) is 0. The minimum atomic E-state index is -0.634. The Hall–Kier alpha value is -2.67. The zero-order valence-electron chi connectivity index (χ0n) is 27.8. The molecule has 1 nitrogen and oxygen atoms in total. The molecule has 0 aromatic rings. The van der Waals surface area contributed by atoms with Crippen LogP contribution in [0.2, 0.25) is 0 Å². The van der Waals surface area contributed by atoms with Crippen LogP contribution >= 0.6 is 0 Å². The van der Waals surface area contributed by atoms with Gasteiger partial charge < -0.3 is 4.79 Å². The Kier molecular flexibility index (Phi) is 10.8. The second-order valence-corrected chi connectivity index (χ2v) is 14.4. The summed E-state index contributed by atoms with van der Waals surface area (Å²) < 4.78 is 0. The Bertz CT molecular complexity index is 1270. The molecule has 222 valence electrons. The zero-order valence-corrected chi connectivity index (χ0v) is 27.8. The lowest BCUT2D eigenvalue weighted by Crippen LogP contribution is -2.29. The number of rotatable bonds is 8. The highest BCUT2D eigenvalue weighted by Gasteiger charge is 2.37. The second kappa shape index (κ2) is 13.5. The molecule has 1 heteroatoms. The number of carbonyl (C=O) groups excluding carboxylic acids is 1. The Morgan fingerprint density at radius 1 is 0.976 bits per heavy atom. The fraction of sp³-hybridized carbons (Fsp3) is 0.525. The maximum Gasteiger partial charge on any atom is 0.134 e. The monoisotopic (exact) mass is 552 g/mol. The average molecular weight is 553 g/mol. The number of hydrogen-bond acceptors (Lipinski definition) is 1. The van der Waals surface area contributed by atoms with Gasteiger partial charge in [0.25, 0.3) is 0 Å². The van der Waals surface area contributed by atoms with Crippen LogP contribution in [0.3, 0.4) is 0 Å². The predicted molar refractivity (Wildman–Crippen MR) is 180 cm³/mol. The van der Waals surface area contributed by atoms with E-state index in [1.54, 1.807) is 5.57 Å². The normalized spacial score (nSPS) is 29.5. The van der Waals surface area contributed by atoms with E-state index in [9.17, 15) is 4.79 Å². The Labute approximate surface area is 252 Å². The van der Waals surface area contributed by atoms with E-state index in [1.165, 1.54) is 67.1 Å². The van der Waals surface area contributed by atoms with Gasteiger partial charge in [-0.25, -0.2) is 0 Å². The Morgan fingerprint density at radius 3 is 2.34 bits per heavy atom. The molecule has 0 radical (unpaired) electrons. The van der Waals surface area contributed by atoms with Crippen molar-refractivity contribution in [3.05, 3.63) is 105 Å². The molecule has 2 atom stereocenters. The van der Waals surface area contributed by atoms with Crippen LogP contribution in [0.4, 0.5) is 0 Å². The standard InChI is InChI=1S/C40H56O/c1-29(21-23-35-31(3)17-13-25-38(35,7)8)15-11-16-33(5)37-20-12-19-34(6)40(37,28-41)27-30(2)22-24-36-32(4)18-14-26-39(36,9)10/h11-12,15-16,19-24,28,32H,13-14,17-18,25-27H2,1-10H3/b16-11-,23-21+,29-15-,30-22+,36-24+,37-33+. The lowest BCUT2D eigenvalue weighted by molar-refractivity contribution is -0.113. The lowest BCUT2D eigenvalue weighted by Gasteiger charge is -2.37. The molecule has 0 spiro atoms. The van der Waals surface area contributed by atoms with Crippen LogP contribution in [0, 0.1) is 22.2 Å². The van der Waals surface area contributed by atoms with Crippen molar-refractivity contribution in [1.29, 1.82) is 0 Å². The van der Waals surface area contributed by atoms with Gasteiger partial charge in [-0.2, -0.15) is 0 Å². The molecule has 0 aliphatic heterocycles. The van der Waals surface area contributed by atoms with Crippen molar-refractivity contribution in [3.8, 4) is 0 Å². The van der Waals surface area contributed by atoms with Gasteiger partial charge in [0.05, 0.1) is 5.41 Å². The summed E-state index contributed by atoms with van der Waals surface area (Å²) in [4.78, 5) is 12.9. The predicted octanol–water partition coefficient (Wildman–Crippen LogP) is 11.7. The van der Waals surface area contributed by atoms with E-state index in [0.717, 1.165) is 16.7 Å². The average Bonchev–Trinajstić information content (AvgIpc) is 2.88. The molecule has 3 rings (SSSR count). The van der Waals surface area contributed by atoms with Crippen molar-refractivity contribution in [1.82, 2.24) is 0 Å². The third-order valence-corrected chi connectivity index (χ3v) is 10.0. The summed E-state index contributed by atoms with van der Waals surface area (Å²) >= 11 is 0. The summed E-state index contributed by atoms with van der Waals surface area (Å²) in [5, 5.41) is 0. The molecule has 0 amide bonds. The summed E-state index contributed by atoms with van der Waals surface area (Å²) in [5.74, 6) is 0.617. The highest BCUT2D eigenvalue weighted by Crippen LogP contribution is 2.46. The van der Waals surface area contributed by atoms with Crippen molar-refractivity contribution < 1.29 is 4.79 Å². The van der Waals surface area contributed by atoms with E-state index < -0.39 is 5.41 Å². The smallest absolute Gasteiger partial charge is 0.134 e. The molecule has 0 aromatic carbocycles. The Morgan fingerprint density at radius 2 is 1.68 bits per heavy atom. The highest BCUT2D eigenvalue weighted by atomic mass is 16.1. The van der Waals surface area contributed by atoms with E-state index in [-0.39, 0.29) is 10.8 Å². The molecule has 0 heterocycles. The molecule has 0 N–H and O–H groups in total. The van der Waals surface area contributed by atoms with E-state index >= 15 is 0 Å². The first-order valence-electron chi connectivity index (χ1n) is 15.9. The Balaban J connectivity index is 1.86. The van der Waals surface area contributed by atoms with Crippen LogP contribution in [0.15, 0.2) is 105 Å². The van der Waals surface area contributed by atoms with Gasteiger partial charge in [0.15, 0.2) is 0 Å². The largest absolute Gasteiger partial charge is 0.302 e. The third kappa shape index (κ3) is 7.79. The highest BCUT2D eigenvalue weighted by molar-refractivity contribution is 5.75. The number of allylic oxidation sites excluding steroid dienone is 18. The molecule has 0 saturated heterocycles. The first-order chi connectivity index (χ1) is 19.2. The molecule has 0 aromatic heterocycles. The van der Waals surface area contributed by atoms with Crippen molar-refractivity contribution in [2.75, 3.05) is 0 Å². The maximum atomic E-state index is 12.9. The van der Waals surface area contributed by atoms with Crippen LogP contribution < -0.4 is 0 Å². The van der Waals surface area contributed by atoms with Gasteiger partial charge >= 0.3 is 0 Å². The lowest BCUT2D eigenvalue weighted by atomic mass is 9.67. The van der Waals surface area contributed by atoms with Gasteiger partial charge in [-0.1, -0.05) is 130 Å². The van der Waals surface area contributed by atoms with Crippen LogP contribution in [0.5, 0.6) is 0 Å². The van der Waals surface area contributed by atoms with Gasteiger partial charge in [0.1, 0.15) is 6.29 Å². The van der Waals surface area contributed by atoms with E-state index in [0.29, 0.717) is 12.3 Å². The fourth-order valence-electron chi connectivity index (χ4n) is 7.37. The first kappa shape index (κ1) is 32.8. The molecule has 1 saturated carbocycles. The third-order valence-electron chi connectivity index (χ3n) is 10.0. The first-order valence-corrected chi connectivity index (χ1v) is 15.9. The molecule has 3 aliphatic carbocycles. The minimum absolute atomic E-state index is 0.246. The van der Waals surface area contributed by atoms with E-state index in [4.69, 9.17) is 0 Å². The van der Waals surface area contributed by atoms with Crippen molar-refractivity contribution in [3.63, 3.8) is 0 Å². The molecule has 3 aliphatic rings. The topological polar surface area (TPSA) is 17.1 Å². The van der Waals surface area contributed by atoms with Crippen LogP contribution in [-0.2, 0) is 4.79 Å². The van der Waals surface area contributed by atoms with Crippen molar-refractivity contribution >= 4 is 6.29 Å². The van der Waals surface area contributed by atoms with Gasteiger partial charge in [-0.15, -0.1) is 0 Å². The molecule has 1 fully saturated rings. The molecule has 0 bridgehead atoms. The van der Waals surface area contributed by atoms with Crippen LogP contribution in [-0.4, -0.2) is 6.29 Å². The van der Waals surface area contributed by atoms with Gasteiger partial charge in [0.2, 0.25) is 0 Å². The van der Waals surface area contributed by atoms with E-state index in [2.05, 4.69) is 130 Å². The number of carbonyl (C=O) groups is 1. The van der Waals surface area contributed by atoms with Gasteiger partial charge in [-0.05, 0) is 107 Å². The van der Waals surface area contributed by atoms with Crippen LogP contribution in [0.25, 0.3) is 0 Å².